The zero-order valence-corrected chi connectivity index (χ0v) is 7.03. The highest BCUT2D eigenvalue weighted by atomic mass is 16.4. The van der Waals surface area contributed by atoms with Crippen LogP contribution in [0.4, 0.5) is 0 Å². The highest BCUT2D eigenvalue weighted by Gasteiger charge is 2.28. The van der Waals surface area contributed by atoms with Gasteiger partial charge in [-0.15, -0.1) is 0 Å². The van der Waals surface area contributed by atoms with Crippen LogP contribution in [0.5, 0.6) is 0 Å². The Bertz CT molecular complexity index is 176. The van der Waals surface area contributed by atoms with Crippen molar-refractivity contribution in [2.75, 3.05) is 19.6 Å². The molecule has 0 amide bonds. The quantitative estimate of drug-likeness (QED) is 0.440. The van der Waals surface area contributed by atoms with Gasteiger partial charge in [0.25, 0.3) is 0 Å². The smallest absolute Gasteiger partial charge is 0.376 e. The Balaban J connectivity index is 2.46. The number of piperazine rings is 1. The summed E-state index contributed by atoms with van der Waals surface area (Å²) in [5, 5.41) is 20.7. The average molecular weight is 172 g/mol. The Morgan fingerprint density at radius 1 is 1.75 bits per heavy atom. The van der Waals surface area contributed by atoms with Crippen LogP contribution in [-0.4, -0.2) is 53.6 Å². The molecule has 12 heavy (non-hydrogen) atoms. The van der Waals surface area contributed by atoms with Gasteiger partial charge in [-0.25, -0.2) is 0 Å². The summed E-state index contributed by atoms with van der Waals surface area (Å²) in [5.41, 5.74) is 0. The topological polar surface area (TPSA) is 72.8 Å². The lowest BCUT2D eigenvalue weighted by Crippen LogP contribution is -2.57. The lowest BCUT2D eigenvalue weighted by Gasteiger charge is -2.32. The molecule has 1 aliphatic heterocycles. The van der Waals surface area contributed by atoms with E-state index >= 15 is 0 Å². The molecule has 1 atom stereocenters. The first-order chi connectivity index (χ1) is 5.61. The molecule has 0 spiro atoms. The van der Waals surface area contributed by atoms with Gasteiger partial charge in [-0.1, -0.05) is 0 Å². The second-order valence-corrected chi connectivity index (χ2v) is 2.97. The molecule has 0 unspecified atom stereocenters. The van der Waals surface area contributed by atoms with Gasteiger partial charge in [0.05, 0.1) is 0 Å². The first kappa shape index (κ1) is 9.50. The summed E-state index contributed by atoms with van der Waals surface area (Å²) in [6.45, 7) is 3.32. The largest absolute Gasteiger partial charge is 0.480 e. The molecular weight excluding hydrogens is 159 g/mol. The van der Waals surface area contributed by atoms with Crippen molar-refractivity contribution in [2.24, 2.45) is 0 Å². The molecule has 1 saturated heterocycles. The van der Waals surface area contributed by atoms with Crippen LogP contribution in [0, 0.1) is 0 Å². The fraction of sp³-hybridized carbons (Fsp3) is 0.833. The van der Waals surface area contributed by atoms with Gasteiger partial charge in [0.2, 0.25) is 0 Å². The van der Waals surface area contributed by atoms with E-state index in [1.165, 1.54) is 0 Å². The van der Waals surface area contributed by atoms with Crippen molar-refractivity contribution in [3.05, 3.63) is 0 Å². The predicted octanol–water partition coefficient (Wildman–Crippen LogP) is -1.54. The van der Waals surface area contributed by atoms with Crippen LogP contribution in [0.1, 0.15) is 0 Å². The third kappa shape index (κ3) is 2.20. The monoisotopic (exact) mass is 172 g/mol. The maximum atomic E-state index is 10.6. The summed E-state index contributed by atoms with van der Waals surface area (Å²) in [7, 11) is -0.561. The summed E-state index contributed by atoms with van der Waals surface area (Å²) < 4.78 is 0. The van der Waals surface area contributed by atoms with E-state index in [0.29, 0.717) is 19.6 Å². The molecule has 3 N–H and O–H groups in total. The summed E-state index contributed by atoms with van der Waals surface area (Å²) in [6.07, 6.45) is 0. The van der Waals surface area contributed by atoms with E-state index in [2.05, 4.69) is 5.32 Å². The van der Waals surface area contributed by atoms with E-state index in [9.17, 15) is 9.82 Å². The number of carbonyl (C=O) groups is 1. The molecule has 0 aromatic heterocycles. The summed E-state index contributed by atoms with van der Waals surface area (Å²) in [4.78, 5) is 12.3. The predicted molar refractivity (Wildman–Crippen MR) is 44.8 cm³/mol. The Morgan fingerprint density at radius 2 is 2.42 bits per heavy atom. The second kappa shape index (κ2) is 3.89. The normalized spacial score (nSPS) is 25.3. The van der Waals surface area contributed by atoms with E-state index in [0.717, 1.165) is 0 Å². The third-order valence-electron chi connectivity index (χ3n) is 2.03. The van der Waals surface area contributed by atoms with Crippen molar-refractivity contribution >= 4 is 13.0 Å². The van der Waals surface area contributed by atoms with Gasteiger partial charge in [0, 0.05) is 19.6 Å². The van der Waals surface area contributed by atoms with Crippen LogP contribution in [0.2, 0.25) is 6.82 Å². The SMILES string of the molecule is CB(O)N1CCN[C@H](C(=O)O)C1. The van der Waals surface area contributed by atoms with E-state index in [-0.39, 0.29) is 0 Å². The first-order valence-corrected chi connectivity index (χ1v) is 3.99. The second-order valence-electron chi connectivity index (χ2n) is 2.97. The van der Waals surface area contributed by atoms with Crippen molar-refractivity contribution in [1.29, 1.82) is 0 Å². The highest BCUT2D eigenvalue weighted by molar-refractivity contribution is 6.45. The molecule has 0 saturated carbocycles. The summed E-state index contributed by atoms with van der Waals surface area (Å²) in [6, 6.07) is -0.548. The maximum Gasteiger partial charge on any atom is 0.376 e. The number of hydrogen-bond donors (Lipinski definition) is 3. The lowest BCUT2D eigenvalue weighted by atomic mass is 9.83. The molecule has 1 heterocycles. The number of hydrogen-bond acceptors (Lipinski definition) is 4. The molecule has 0 aromatic rings. The molecular formula is C6H13BN2O3. The van der Waals surface area contributed by atoms with Crippen molar-refractivity contribution in [2.45, 2.75) is 12.9 Å². The number of nitrogens with zero attached hydrogens (tertiary/aromatic N) is 1. The highest BCUT2D eigenvalue weighted by Crippen LogP contribution is 2.00. The number of rotatable bonds is 2. The first-order valence-electron chi connectivity index (χ1n) is 3.99. The van der Waals surface area contributed by atoms with Crippen molar-refractivity contribution in [3.8, 4) is 0 Å². The average Bonchev–Trinajstić information content (AvgIpc) is 2.04. The molecule has 1 aliphatic rings. The Kier molecular flexibility index (Phi) is 3.08. The molecule has 0 radical (unpaired) electrons. The Hall–Kier alpha value is -0.585. The molecule has 6 heteroatoms. The van der Waals surface area contributed by atoms with E-state index in [1.807, 2.05) is 0 Å². The molecule has 5 nitrogen and oxygen atoms in total. The van der Waals surface area contributed by atoms with Crippen molar-refractivity contribution in [3.63, 3.8) is 0 Å². The van der Waals surface area contributed by atoms with Crippen LogP contribution in [0.25, 0.3) is 0 Å². The Morgan fingerprint density at radius 3 is 2.92 bits per heavy atom. The van der Waals surface area contributed by atoms with Crippen molar-refractivity contribution < 1.29 is 14.9 Å². The molecule has 1 fully saturated rings. The van der Waals surface area contributed by atoms with Gasteiger partial charge in [0.15, 0.2) is 0 Å². The molecule has 0 bridgehead atoms. The summed E-state index contributed by atoms with van der Waals surface area (Å²) in [5.74, 6) is -0.861. The van der Waals surface area contributed by atoms with Gasteiger partial charge in [0.1, 0.15) is 6.04 Å². The van der Waals surface area contributed by atoms with Gasteiger partial charge >= 0.3 is 13.0 Å². The van der Waals surface area contributed by atoms with Crippen LogP contribution < -0.4 is 5.32 Å². The molecule has 68 valence electrons. The third-order valence-corrected chi connectivity index (χ3v) is 2.03. The van der Waals surface area contributed by atoms with Crippen LogP contribution >= 0.6 is 0 Å². The van der Waals surface area contributed by atoms with Gasteiger partial charge < -0.3 is 20.3 Å². The number of nitrogens with one attached hydrogen (secondary N) is 1. The van der Waals surface area contributed by atoms with Crippen molar-refractivity contribution in [1.82, 2.24) is 10.1 Å². The number of aliphatic carboxylic acids is 1. The van der Waals surface area contributed by atoms with Crippen LogP contribution in [0.15, 0.2) is 0 Å². The van der Waals surface area contributed by atoms with E-state index in [4.69, 9.17) is 5.11 Å². The minimum absolute atomic E-state index is 0.368. The van der Waals surface area contributed by atoms with Gasteiger partial charge in [-0.05, 0) is 6.82 Å². The number of carboxylic acids is 1. The van der Waals surface area contributed by atoms with Crippen LogP contribution in [-0.2, 0) is 4.79 Å². The standard InChI is InChI=1S/C6H13BN2O3/c1-7(12)9-3-2-8-5(4-9)6(10)11/h5,8,12H,2-4H2,1H3,(H,10,11)/t5-/m0/s1. The van der Waals surface area contributed by atoms with Crippen LogP contribution in [0.3, 0.4) is 0 Å². The zero-order chi connectivity index (χ0) is 9.14. The van der Waals surface area contributed by atoms with Gasteiger partial charge in [-0.3, -0.25) is 4.79 Å². The Labute approximate surface area is 71.5 Å². The molecule has 1 rings (SSSR count). The molecule has 0 aromatic carbocycles. The van der Waals surface area contributed by atoms with E-state index in [1.54, 1.807) is 11.6 Å². The number of carboxylic acid groups (broad SMARTS) is 1. The fourth-order valence-corrected chi connectivity index (χ4v) is 1.28. The summed E-state index contributed by atoms with van der Waals surface area (Å²) >= 11 is 0. The van der Waals surface area contributed by atoms with E-state index < -0.39 is 19.1 Å². The molecule has 0 aliphatic carbocycles. The fourth-order valence-electron chi connectivity index (χ4n) is 1.28. The zero-order valence-electron chi connectivity index (χ0n) is 7.03. The minimum Gasteiger partial charge on any atom is -0.480 e. The maximum absolute atomic E-state index is 10.6. The van der Waals surface area contributed by atoms with Gasteiger partial charge in [-0.2, -0.15) is 0 Å². The minimum atomic E-state index is -0.861. The lowest BCUT2D eigenvalue weighted by molar-refractivity contribution is -0.140.